The van der Waals surface area contributed by atoms with Crippen LogP contribution in [-0.2, 0) is 4.84 Å². The summed E-state index contributed by atoms with van der Waals surface area (Å²) in [4.78, 5) is 22.4. The van der Waals surface area contributed by atoms with E-state index in [0.29, 0.717) is 13.0 Å². The Hall–Kier alpha value is -1.82. The molecular formula is C11H16N6O2. The predicted molar refractivity (Wildman–Crippen MR) is 64.8 cm³/mol. The predicted octanol–water partition coefficient (Wildman–Crippen LogP) is -0.574. The SMILES string of the molecule is CON[C@@H]1CC[C@@H](C#N)N(CC(=O)n2cncn2)C1. The molecule has 1 aliphatic heterocycles. The van der Waals surface area contributed by atoms with Crippen molar-refractivity contribution in [2.24, 2.45) is 0 Å². The van der Waals surface area contributed by atoms with Crippen molar-refractivity contribution < 1.29 is 9.63 Å². The lowest BCUT2D eigenvalue weighted by Gasteiger charge is -2.35. The summed E-state index contributed by atoms with van der Waals surface area (Å²) in [7, 11) is 1.56. The maximum Gasteiger partial charge on any atom is 0.262 e. The van der Waals surface area contributed by atoms with Crippen molar-refractivity contribution in [3.8, 4) is 6.07 Å². The summed E-state index contributed by atoms with van der Waals surface area (Å²) >= 11 is 0. The first-order valence-corrected chi connectivity index (χ1v) is 6.04. The molecule has 1 fully saturated rings. The smallest absolute Gasteiger partial charge is 0.262 e. The van der Waals surface area contributed by atoms with Gasteiger partial charge in [-0.1, -0.05) is 0 Å². The normalized spacial score (nSPS) is 24.0. The molecule has 8 nitrogen and oxygen atoms in total. The lowest BCUT2D eigenvalue weighted by Crippen LogP contribution is -2.51. The second-order valence-corrected chi connectivity index (χ2v) is 4.40. The van der Waals surface area contributed by atoms with Gasteiger partial charge in [0.2, 0.25) is 0 Å². The number of rotatable bonds is 4. The van der Waals surface area contributed by atoms with Gasteiger partial charge >= 0.3 is 0 Å². The highest BCUT2D eigenvalue weighted by Crippen LogP contribution is 2.16. The van der Waals surface area contributed by atoms with Crippen LogP contribution >= 0.6 is 0 Å². The largest absolute Gasteiger partial charge is 0.305 e. The Bertz CT molecular complexity index is 454. The van der Waals surface area contributed by atoms with E-state index >= 15 is 0 Å². The summed E-state index contributed by atoms with van der Waals surface area (Å²) in [6, 6.07) is 2.10. The highest BCUT2D eigenvalue weighted by molar-refractivity contribution is 5.79. The van der Waals surface area contributed by atoms with E-state index in [1.165, 1.54) is 17.3 Å². The third kappa shape index (κ3) is 3.35. The number of likely N-dealkylation sites (tertiary alicyclic amines) is 1. The molecule has 0 amide bonds. The molecule has 8 heteroatoms. The molecule has 0 unspecified atom stereocenters. The molecule has 0 aliphatic carbocycles. The third-order valence-corrected chi connectivity index (χ3v) is 3.13. The number of nitrogens with one attached hydrogen (secondary N) is 1. The molecule has 1 aromatic heterocycles. The van der Waals surface area contributed by atoms with E-state index < -0.39 is 0 Å². The van der Waals surface area contributed by atoms with Gasteiger partial charge in [-0.25, -0.2) is 4.98 Å². The Morgan fingerprint density at radius 2 is 2.47 bits per heavy atom. The Morgan fingerprint density at radius 3 is 3.11 bits per heavy atom. The van der Waals surface area contributed by atoms with Crippen LogP contribution in [0.3, 0.4) is 0 Å². The molecule has 102 valence electrons. The average molecular weight is 264 g/mol. The highest BCUT2D eigenvalue weighted by Gasteiger charge is 2.29. The van der Waals surface area contributed by atoms with Crippen molar-refractivity contribution >= 4 is 5.91 Å². The summed E-state index contributed by atoms with van der Waals surface area (Å²) in [5.41, 5.74) is 2.87. The molecule has 1 N–H and O–H groups in total. The third-order valence-electron chi connectivity index (χ3n) is 3.13. The van der Waals surface area contributed by atoms with Gasteiger partial charge < -0.3 is 4.84 Å². The van der Waals surface area contributed by atoms with E-state index in [2.05, 4.69) is 21.6 Å². The Kier molecular flexibility index (Phi) is 4.57. The number of hydrogen-bond donors (Lipinski definition) is 1. The maximum atomic E-state index is 12.0. The van der Waals surface area contributed by atoms with Crippen LogP contribution in [0.15, 0.2) is 12.7 Å². The van der Waals surface area contributed by atoms with Gasteiger partial charge in [0, 0.05) is 12.6 Å². The lowest BCUT2D eigenvalue weighted by molar-refractivity contribution is 0.0226. The van der Waals surface area contributed by atoms with Crippen molar-refractivity contribution in [3.05, 3.63) is 12.7 Å². The molecule has 0 radical (unpaired) electrons. The molecule has 2 rings (SSSR count). The number of hydroxylamine groups is 1. The minimum Gasteiger partial charge on any atom is -0.305 e. The van der Waals surface area contributed by atoms with Gasteiger partial charge in [0.25, 0.3) is 5.91 Å². The summed E-state index contributed by atoms with van der Waals surface area (Å²) in [5.74, 6) is -0.198. The van der Waals surface area contributed by atoms with Gasteiger partial charge in [0.1, 0.15) is 12.7 Å². The van der Waals surface area contributed by atoms with Crippen LogP contribution in [0.5, 0.6) is 0 Å². The monoisotopic (exact) mass is 264 g/mol. The number of piperidine rings is 1. The summed E-state index contributed by atoms with van der Waals surface area (Å²) in [6.45, 7) is 0.732. The topological polar surface area (TPSA) is 96.1 Å². The quantitative estimate of drug-likeness (QED) is 0.727. The standard InChI is InChI=1S/C11H16N6O2/c1-19-15-9-2-3-10(4-12)16(5-9)6-11(18)17-8-13-7-14-17/h7-10,15H,2-3,5-6H2,1H3/t9-,10+/m1/s1. The number of hydrogen-bond acceptors (Lipinski definition) is 7. The van der Waals surface area contributed by atoms with Gasteiger partial charge in [-0.2, -0.15) is 20.5 Å². The van der Waals surface area contributed by atoms with Crippen LogP contribution in [0.25, 0.3) is 0 Å². The summed E-state index contributed by atoms with van der Waals surface area (Å²) in [6.07, 6.45) is 4.23. The molecule has 1 aromatic rings. The molecule has 2 atom stereocenters. The van der Waals surface area contributed by atoms with E-state index in [4.69, 9.17) is 10.1 Å². The minimum atomic E-state index is -0.248. The number of nitriles is 1. The van der Waals surface area contributed by atoms with Crippen LogP contribution < -0.4 is 5.48 Å². The molecular weight excluding hydrogens is 248 g/mol. The van der Waals surface area contributed by atoms with Crippen molar-refractivity contribution in [3.63, 3.8) is 0 Å². The van der Waals surface area contributed by atoms with E-state index in [9.17, 15) is 4.79 Å². The van der Waals surface area contributed by atoms with E-state index in [-0.39, 0.29) is 24.5 Å². The Balaban J connectivity index is 1.99. The van der Waals surface area contributed by atoms with Gasteiger partial charge in [-0.05, 0) is 12.8 Å². The molecule has 19 heavy (non-hydrogen) atoms. The average Bonchev–Trinajstić information content (AvgIpc) is 2.93. The maximum absolute atomic E-state index is 12.0. The first-order chi connectivity index (χ1) is 9.24. The van der Waals surface area contributed by atoms with Crippen molar-refractivity contribution in [1.82, 2.24) is 25.1 Å². The van der Waals surface area contributed by atoms with Crippen molar-refractivity contribution in [2.75, 3.05) is 20.2 Å². The fourth-order valence-corrected chi connectivity index (χ4v) is 2.21. The van der Waals surface area contributed by atoms with Crippen LogP contribution in [0, 0.1) is 11.3 Å². The second-order valence-electron chi connectivity index (χ2n) is 4.40. The van der Waals surface area contributed by atoms with Crippen molar-refractivity contribution in [2.45, 2.75) is 24.9 Å². The zero-order chi connectivity index (χ0) is 13.7. The fraction of sp³-hybridized carbons (Fsp3) is 0.636. The fourth-order valence-electron chi connectivity index (χ4n) is 2.21. The molecule has 0 spiro atoms. The molecule has 0 bridgehead atoms. The molecule has 0 aromatic carbocycles. The first-order valence-electron chi connectivity index (χ1n) is 6.04. The molecule has 1 aliphatic rings. The van der Waals surface area contributed by atoms with Crippen LogP contribution in [0.4, 0.5) is 0 Å². The van der Waals surface area contributed by atoms with Crippen LogP contribution in [0.1, 0.15) is 17.6 Å². The second kappa shape index (κ2) is 6.38. The summed E-state index contributed by atoms with van der Waals surface area (Å²) < 4.78 is 1.18. The van der Waals surface area contributed by atoms with Gasteiger partial charge in [0.05, 0.1) is 25.8 Å². The number of aromatic nitrogens is 3. The van der Waals surface area contributed by atoms with Crippen LogP contribution in [-0.4, -0.2) is 57.9 Å². The van der Waals surface area contributed by atoms with E-state index in [0.717, 1.165) is 6.42 Å². The minimum absolute atomic E-state index is 0.123. The number of carbonyl (C=O) groups is 1. The molecule has 1 saturated heterocycles. The molecule has 2 heterocycles. The van der Waals surface area contributed by atoms with Gasteiger partial charge in [-0.3, -0.25) is 9.69 Å². The van der Waals surface area contributed by atoms with E-state index in [1.807, 2.05) is 4.90 Å². The highest BCUT2D eigenvalue weighted by atomic mass is 16.6. The zero-order valence-electron chi connectivity index (χ0n) is 10.7. The van der Waals surface area contributed by atoms with E-state index in [1.54, 1.807) is 7.11 Å². The zero-order valence-corrected chi connectivity index (χ0v) is 10.7. The van der Waals surface area contributed by atoms with Gasteiger partial charge in [-0.15, -0.1) is 0 Å². The Morgan fingerprint density at radius 1 is 1.63 bits per heavy atom. The van der Waals surface area contributed by atoms with Crippen LogP contribution in [0.2, 0.25) is 0 Å². The number of nitrogens with zero attached hydrogens (tertiary/aromatic N) is 5. The Labute approximate surface area is 110 Å². The molecule has 0 saturated carbocycles. The number of carbonyl (C=O) groups excluding carboxylic acids is 1. The first kappa shape index (κ1) is 13.6. The van der Waals surface area contributed by atoms with Gasteiger partial charge in [0.15, 0.2) is 0 Å². The lowest BCUT2D eigenvalue weighted by atomic mass is 9.99. The van der Waals surface area contributed by atoms with Crippen molar-refractivity contribution in [1.29, 1.82) is 5.26 Å². The summed E-state index contributed by atoms with van der Waals surface area (Å²) in [5, 5.41) is 12.9.